The Balaban J connectivity index is 1.34. The number of carboxylic acid groups (broad SMARTS) is 1. The number of nitrogens with one attached hydrogen (secondary N) is 2. The first-order chi connectivity index (χ1) is 18.0. The van der Waals surface area contributed by atoms with E-state index in [0.717, 1.165) is 18.2 Å². The number of hydrogen-bond acceptors (Lipinski definition) is 4. The summed E-state index contributed by atoms with van der Waals surface area (Å²) < 4.78 is 42.6. The average Bonchev–Trinajstić information content (AvgIpc) is 2.84. The van der Waals surface area contributed by atoms with Gasteiger partial charge in [0.2, 0.25) is 5.91 Å². The van der Waals surface area contributed by atoms with Crippen molar-refractivity contribution in [1.29, 1.82) is 0 Å². The number of carbonyl (C=O) groups excluding carboxylic acids is 1. The lowest BCUT2D eigenvalue weighted by Crippen LogP contribution is -2.78. The summed E-state index contributed by atoms with van der Waals surface area (Å²) in [5, 5.41) is 14.7. The van der Waals surface area contributed by atoms with Crippen molar-refractivity contribution in [2.75, 3.05) is 12.4 Å². The zero-order chi connectivity index (χ0) is 27.1. The number of halogens is 3. The molecule has 1 atom stereocenters. The van der Waals surface area contributed by atoms with Gasteiger partial charge < -0.3 is 20.6 Å². The molecule has 3 aliphatic carbocycles. The molecule has 38 heavy (non-hydrogen) atoms. The van der Waals surface area contributed by atoms with Crippen LogP contribution >= 0.6 is 0 Å². The molecule has 1 heterocycles. The highest BCUT2D eigenvalue weighted by molar-refractivity contribution is 5.88. The molecule has 198 valence electrons. The number of benzene rings is 2. The molecular weight excluding hydrogens is 497 g/mol. The Hall–Kier alpha value is -4.08. The molecule has 0 radical (unpaired) electrons. The van der Waals surface area contributed by atoms with E-state index in [2.05, 4.69) is 15.6 Å². The van der Waals surface area contributed by atoms with Crippen LogP contribution in [0.5, 0.6) is 0 Å². The van der Waals surface area contributed by atoms with Gasteiger partial charge in [0, 0.05) is 12.6 Å². The average molecular weight is 525 g/mol. The maximum absolute atomic E-state index is 14.2. The van der Waals surface area contributed by atoms with Crippen molar-refractivity contribution in [3.05, 3.63) is 95.8 Å². The molecule has 10 heteroatoms. The zero-order valence-corrected chi connectivity index (χ0v) is 20.6. The molecule has 6 rings (SSSR count). The van der Waals surface area contributed by atoms with E-state index in [4.69, 9.17) is 5.11 Å². The number of amides is 2. The number of nitrogens with zero attached hydrogens (tertiary/aromatic N) is 2. The first-order valence-electron chi connectivity index (χ1n) is 12.2. The maximum Gasteiger partial charge on any atom is 0.414 e. The molecule has 0 spiro atoms. The summed E-state index contributed by atoms with van der Waals surface area (Å²) in [4.78, 5) is 28.9. The zero-order valence-electron chi connectivity index (χ0n) is 20.6. The molecule has 0 saturated heterocycles. The molecule has 3 saturated carbocycles. The third-order valence-electron chi connectivity index (χ3n) is 7.52. The van der Waals surface area contributed by atoms with Gasteiger partial charge in [-0.25, -0.2) is 4.79 Å². The lowest BCUT2D eigenvalue weighted by atomic mass is 9.39. The van der Waals surface area contributed by atoms with Gasteiger partial charge in [-0.3, -0.25) is 9.78 Å². The van der Waals surface area contributed by atoms with Gasteiger partial charge in [-0.05, 0) is 42.5 Å². The number of carbonyl (C=O) groups is 2. The number of anilines is 1. The van der Waals surface area contributed by atoms with E-state index in [0.29, 0.717) is 10.6 Å². The monoisotopic (exact) mass is 524 g/mol. The fourth-order valence-electron chi connectivity index (χ4n) is 5.92. The van der Waals surface area contributed by atoms with E-state index in [1.807, 2.05) is 60.7 Å². The van der Waals surface area contributed by atoms with Gasteiger partial charge >= 0.3 is 12.3 Å². The smallest absolute Gasteiger partial charge is 0.414 e. The molecule has 3 N–H and O–H groups in total. The predicted molar refractivity (Wildman–Crippen MR) is 134 cm³/mol. The van der Waals surface area contributed by atoms with Gasteiger partial charge in [-0.2, -0.15) is 13.2 Å². The molecule has 2 amide bonds. The van der Waals surface area contributed by atoms with E-state index in [1.165, 1.54) is 18.3 Å². The third-order valence-corrected chi connectivity index (χ3v) is 7.52. The standard InChI is InChI=1S/C28H27F3N4O3/c1-35(24(36)26-15-27(16-26,17-26)34-25(37)38)23(28(29,30)31)21-13-12-20(14-32-21)33-22(18-8-4-2-5-9-18)19-10-6-3-7-11-19/h2-14,22-23,33-34H,15-17H2,1H3,(H,37,38)/t23-,26?,27?/m0/s1. The summed E-state index contributed by atoms with van der Waals surface area (Å²) in [6.45, 7) is 0. The SMILES string of the molecule is CN(C(=O)C12CC(NC(=O)O)(C1)C2)[C@@H](c1ccc(NC(c2ccccc2)c2ccccc2)cn1)C(F)(F)F. The topological polar surface area (TPSA) is 94.6 Å². The molecule has 3 fully saturated rings. The summed E-state index contributed by atoms with van der Waals surface area (Å²) >= 11 is 0. The summed E-state index contributed by atoms with van der Waals surface area (Å²) in [6, 6.07) is 19.7. The number of rotatable bonds is 8. The number of alkyl halides is 3. The summed E-state index contributed by atoms with van der Waals surface area (Å²) in [7, 11) is 1.13. The van der Waals surface area contributed by atoms with Crippen molar-refractivity contribution >= 4 is 17.7 Å². The van der Waals surface area contributed by atoms with E-state index < -0.39 is 35.2 Å². The second-order valence-corrected chi connectivity index (χ2v) is 10.3. The van der Waals surface area contributed by atoms with Crippen LogP contribution in [0.2, 0.25) is 0 Å². The maximum atomic E-state index is 14.2. The van der Waals surface area contributed by atoms with Gasteiger partial charge in [0.05, 0.1) is 29.0 Å². The Morgan fingerprint density at radius 2 is 1.50 bits per heavy atom. The third kappa shape index (κ3) is 4.66. The van der Waals surface area contributed by atoms with Crippen molar-refractivity contribution in [1.82, 2.24) is 15.2 Å². The highest BCUT2D eigenvalue weighted by atomic mass is 19.4. The minimum atomic E-state index is -4.75. The fourth-order valence-corrected chi connectivity index (χ4v) is 5.92. The Kier molecular flexibility index (Phi) is 6.28. The Bertz CT molecular complexity index is 1260. The van der Waals surface area contributed by atoms with Crippen LogP contribution in [0, 0.1) is 5.41 Å². The molecule has 1 aromatic heterocycles. The predicted octanol–water partition coefficient (Wildman–Crippen LogP) is 5.54. The normalized spacial score (nSPS) is 22.6. The molecule has 7 nitrogen and oxygen atoms in total. The van der Waals surface area contributed by atoms with Crippen LogP contribution in [0.4, 0.5) is 23.7 Å². The lowest BCUT2D eigenvalue weighted by Gasteiger charge is -2.69. The lowest BCUT2D eigenvalue weighted by molar-refractivity contribution is -0.214. The summed E-state index contributed by atoms with van der Waals surface area (Å²) in [5.41, 5.74) is 0.545. The van der Waals surface area contributed by atoms with Gasteiger partial charge in [-0.1, -0.05) is 60.7 Å². The Morgan fingerprint density at radius 1 is 0.947 bits per heavy atom. The van der Waals surface area contributed by atoms with Crippen LogP contribution in [0.1, 0.15) is 48.2 Å². The van der Waals surface area contributed by atoms with Crippen molar-refractivity contribution in [2.24, 2.45) is 5.41 Å². The Morgan fingerprint density at radius 3 is 1.95 bits per heavy atom. The molecule has 0 unspecified atom stereocenters. The largest absolute Gasteiger partial charge is 0.465 e. The molecule has 2 bridgehead atoms. The van der Waals surface area contributed by atoms with E-state index in [1.54, 1.807) is 0 Å². The Labute approximate surface area is 217 Å². The molecule has 3 aromatic rings. The van der Waals surface area contributed by atoms with E-state index in [9.17, 15) is 22.8 Å². The van der Waals surface area contributed by atoms with Crippen LogP contribution in [0.3, 0.4) is 0 Å². The number of hydrogen-bond donors (Lipinski definition) is 3. The van der Waals surface area contributed by atoms with Gasteiger partial charge in [0.15, 0.2) is 6.04 Å². The van der Waals surface area contributed by atoms with Crippen LogP contribution in [-0.2, 0) is 4.79 Å². The minimum Gasteiger partial charge on any atom is -0.465 e. The van der Waals surface area contributed by atoms with Crippen LogP contribution in [-0.4, -0.2) is 45.8 Å². The van der Waals surface area contributed by atoms with Crippen LogP contribution < -0.4 is 10.6 Å². The van der Waals surface area contributed by atoms with Crippen molar-refractivity contribution in [3.63, 3.8) is 0 Å². The quantitative estimate of drug-likeness (QED) is 0.360. The number of pyridine rings is 1. The number of aromatic nitrogens is 1. The second kappa shape index (κ2) is 9.34. The van der Waals surface area contributed by atoms with Crippen molar-refractivity contribution in [3.8, 4) is 0 Å². The van der Waals surface area contributed by atoms with Crippen molar-refractivity contribution in [2.45, 2.75) is 43.1 Å². The second-order valence-electron chi connectivity index (χ2n) is 10.3. The van der Waals surface area contributed by atoms with E-state index >= 15 is 0 Å². The van der Waals surface area contributed by atoms with Gasteiger partial charge in [0.25, 0.3) is 0 Å². The molecular formula is C28H27F3N4O3. The highest BCUT2D eigenvalue weighted by Crippen LogP contribution is 2.68. The van der Waals surface area contributed by atoms with Gasteiger partial charge in [0.1, 0.15) is 0 Å². The summed E-state index contributed by atoms with van der Waals surface area (Å²) in [6.07, 6.45) is -3.99. The van der Waals surface area contributed by atoms with Crippen molar-refractivity contribution < 1.29 is 27.9 Å². The molecule has 2 aromatic carbocycles. The molecule has 3 aliphatic rings. The molecule has 0 aliphatic heterocycles. The first-order valence-corrected chi connectivity index (χ1v) is 12.2. The minimum absolute atomic E-state index is 0.205. The van der Waals surface area contributed by atoms with Crippen LogP contribution in [0.15, 0.2) is 79.0 Å². The summed E-state index contributed by atoms with van der Waals surface area (Å²) in [5.74, 6) is -0.647. The first kappa shape index (κ1) is 25.6. The van der Waals surface area contributed by atoms with Gasteiger partial charge in [-0.15, -0.1) is 0 Å². The fraction of sp³-hybridized carbons (Fsp3) is 0.321. The van der Waals surface area contributed by atoms with E-state index in [-0.39, 0.29) is 31.0 Å². The highest BCUT2D eigenvalue weighted by Gasteiger charge is 2.73. The van der Waals surface area contributed by atoms with Crippen LogP contribution in [0.25, 0.3) is 0 Å².